The Kier molecular flexibility index (Phi) is 4.82. The predicted molar refractivity (Wildman–Crippen MR) is 89.1 cm³/mol. The van der Waals surface area contributed by atoms with Crippen LogP contribution in [-0.4, -0.2) is 15.7 Å². The standard InChI is InChI=1S/C16H11ClF3N3OS/c17-11-5-1-2-6-12(11)23-13(8-14(22-23)16(18,19)20)15(24)21-9-10-4-3-7-25-10/h1-8H,9H2,(H,21,24). The van der Waals surface area contributed by atoms with Gasteiger partial charge in [0.15, 0.2) is 5.69 Å². The van der Waals surface area contributed by atoms with E-state index in [0.29, 0.717) is 6.07 Å². The number of hydrogen-bond donors (Lipinski definition) is 1. The fourth-order valence-corrected chi connectivity index (χ4v) is 3.02. The average Bonchev–Trinajstić information content (AvgIpc) is 3.22. The first-order valence-electron chi connectivity index (χ1n) is 7.09. The van der Waals surface area contributed by atoms with Crippen LogP contribution in [0.15, 0.2) is 47.8 Å². The molecule has 0 aliphatic carbocycles. The summed E-state index contributed by atoms with van der Waals surface area (Å²) < 4.78 is 40.0. The second kappa shape index (κ2) is 6.89. The van der Waals surface area contributed by atoms with Crippen LogP contribution in [0.25, 0.3) is 5.69 Å². The second-order valence-corrected chi connectivity index (χ2v) is 6.48. The predicted octanol–water partition coefficient (Wildman–Crippen LogP) is 4.54. The highest BCUT2D eigenvalue weighted by Gasteiger charge is 2.36. The Hall–Kier alpha value is -2.32. The minimum absolute atomic E-state index is 0.187. The Morgan fingerprint density at radius 1 is 1.24 bits per heavy atom. The molecular weight excluding hydrogens is 375 g/mol. The Labute approximate surface area is 149 Å². The minimum atomic E-state index is -4.67. The van der Waals surface area contributed by atoms with Gasteiger partial charge in [-0.1, -0.05) is 29.8 Å². The molecule has 2 aromatic heterocycles. The largest absolute Gasteiger partial charge is 0.435 e. The van der Waals surface area contributed by atoms with Crippen molar-refractivity contribution in [2.45, 2.75) is 12.7 Å². The lowest BCUT2D eigenvalue weighted by Gasteiger charge is -2.09. The number of rotatable bonds is 4. The van der Waals surface area contributed by atoms with Crippen molar-refractivity contribution >= 4 is 28.8 Å². The number of aromatic nitrogens is 2. The van der Waals surface area contributed by atoms with Gasteiger partial charge in [0.25, 0.3) is 5.91 Å². The van der Waals surface area contributed by atoms with Crippen molar-refractivity contribution in [3.63, 3.8) is 0 Å². The molecule has 130 valence electrons. The Balaban J connectivity index is 1.97. The molecule has 0 saturated heterocycles. The maximum atomic E-state index is 13.0. The van der Waals surface area contributed by atoms with Crippen molar-refractivity contribution in [3.8, 4) is 5.69 Å². The molecule has 0 atom stereocenters. The summed E-state index contributed by atoms with van der Waals surface area (Å²) in [6.45, 7) is 0.214. The monoisotopic (exact) mass is 385 g/mol. The van der Waals surface area contributed by atoms with E-state index in [4.69, 9.17) is 11.6 Å². The summed E-state index contributed by atoms with van der Waals surface area (Å²) in [6, 6.07) is 10.6. The zero-order valence-corrected chi connectivity index (χ0v) is 14.1. The molecule has 0 spiro atoms. The van der Waals surface area contributed by atoms with E-state index in [1.54, 1.807) is 12.1 Å². The summed E-state index contributed by atoms with van der Waals surface area (Å²) >= 11 is 7.48. The van der Waals surface area contributed by atoms with Gasteiger partial charge in [-0.05, 0) is 23.6 Å². The van der Waals surface area contributed by atoms with E-state index in [-0.39, 0.29) is 22.9 Å². The van der Waals surface area contributed by atoms with Gasteiger partial charge in [-0.25, -0.2) is 4.68 Å². The maximum absolute atomic E-state index is 13.0. The van der Waals surface area contributed by atoms with E-state index in [1.165, 1.54) is 23.5 Å². The van der Waals surface area contributed by atoms with Crippen LogP contribution in [0, 0.1) is 0 Å². The molecule has 0 saturated carbocycles. The molecule has 0 bridgehead atoms. The smallest absolute Gasteiger partial charge is 0.346 e. The van der Waals surface area contributed by atoms with E-state index in [9.17, 15) is 18.0 Å². The first-order chi connectivity index (χ1) is 11.9. The number of nitrogens with one attached hydrogen (secondary N) is 1. The van der Waals surface area contributed by atoms with Gasteiger partial charge in [0.05, 0.1) is 17.3 Å². The van der Waals surface area contributed by atoms with Gasteiger partial charge < -0.3 is 5.32 Å². The Morgan fingerprint density at radius 3 is 2.64 bits per heavy atom. The molecule has 1 amide bonds. The van der Waals surface area contributed by atoms with E-state index >= 15 is 0 Å². The average molecular weight is 386 g/mol. The van der Waals surface area contributed by atoms with Crippen LogP contribution >= 0.6 is 22.9 Å². The molecule has 0 fully saturated rings. The highest BCUT2D eigenvalue weighted by atomic mass is 35.5. The number of halogens is 4. The Morgan fingerprint density at radius 2 is 2.00 bits per heavy atom. The first-order valence-corrected chi connectivity index (χ1v) is 8.35. The summed E-state index contributed by atoms with van der Waals surface area (Å²) in [7, 11) is 0. The third-order valence-electron chi connectivity index (χ3n) is 3.32. The highest BCUT2D eigenvalue weighted by Crippen LogP contribution is 2.30. The number of alkyl halides is 3. The van der Waals surface area contributed by atoms with Crippen LogP contribution < -0.4 is 5.32 Å². The number of thiophene rings is 1. The lowest BCUT2D eigenvalue weighted by atomic mass is 10.3. The number of benzene rings is 1. The molecule has 0 radical (unpaired) electrons. The van der Waals surface area contributed by atoms with Crippen molar-refractivity contribution in [1.29, 1.82) is 0 Å². The fraction of sp³-hybridized carbons (Fsp3) is 0.125. The molecule has 3 rings (SSSR count). The molecule has 1 N–H and O–H groups in total. The molecule has 0 aliphatic heterocycles. The zero-order valence-electron chi connectivity index (χ0n) is 12.5. The van der Waals surface area contributed by atoms with Gasteiger partial charge in [-0.2, -0.15) is 18.3 Å². The zero-order chi connectivity index (χ0) is 18.0. The van der Waals surface area contributed by atoms with Crippen molar-refractivity contribution in [2.24, 2.45) is 0 Å². The first kappa shape index (κ1) is 17.5. The van der Waals surface area contributed by atoms with Crippen LogP contribution in [0.3, 0.4) is 0 Å². The van der Waals surface area contributed by atoms with Gasteiger partial charge in [0, 0.05) is 10.9 Å². The number of carbonyl (C=O) groups is 1. The summed E-state index contributed by atoms with van der Waals surface area (Å²) in [4.78, 5) is 13.3. The second-order valence-electron chi connectivity index (χ2n) is 5.04. The molecule has 25 heavy (non-hydrogen) atoms. The van der Waals surface area contributed by atoms with Crippen LogP contribution in [-0.2, 0) is 12.7 Å². The lowest BCUT2D eigenvalue weighted by molar-refractivity contribution is -0.141. The van der Waals surface area contributed by atoms with Gasteiger partial charge in [0.1, 0.15) is 5.69 Å². The summed E-state index contributed by atoms with van der Waals surface area (Å²) in [5, 5.41) is 8.15. The van der Waals surface area contributed by atoms with E-state index in [1.807, 2.05) is 17.5 Å². The number of amides is 1. The summed E-state index contributed by atoms with van der Waals surface area (Å²) in [6.07, 6.45) is -4.67. The van der Waals surface area contributed by atoms with E-state index in [2.05, 4.69) is 10.4 Å². The third kappa shape index (κ3) is 3.85. The molecule has 4 nitrogen and oxygen atoms in total. The number of para-hydroxylation sites is 1. The summed E-state index contributed by atoms with van der Waals surface area (Å²) in [5.74, 6) is -0.670. The van der Waals surface area contributed by atoms with Crippen LogP contribution in [0.1, 0.15) is 21.1 Å². The molecule has 3 aromatic rings. The van der Waals surface area contributed by atoms with Gasteiger partial charge in [-0.3, -0.25) is 4.79 Å². The quantitative estimate of drug-likeness (QED) is 0.717. The molecule has 0 aliphatic rings. The topological polar surface area (TPSA) is 46.9 Å². The van der Waals surface area contributed by atoms with Gasteiger partial charge in [-0.15, -0.1) is 11.3 Å². The number of hydrogen-bond acceptors (Lipinski definition) is 3. The molecular formula is C16H11ClF3N3OS. The number of nitrogens with zero attached hydrogens (tertiary/aromatic N) is 2. The van der Waals surface area contributed by atoms with E-state index in [0.717, 1.165) is 9.56 Å². The highest BCUT2D eigenvalue weighted by molar-refractivity contribution is 7.09. The minimum Gasteiger partial charge on any atom is -0.346 e. The van der Waals surface area contributed by atoms with Crippen LogP contribution in [0.5, 0.6) is 0 Å². The lowest BCUT2D eigenvalue weighted by Crippen LogP contribution is -2.25. The summed E-state index contributed by atoms with van der Waals surface area (Å²) in [5.41, 5.74) is -1.20. The van der Waals surface area contributed by atoms with Gasteiger partial charge >= 0.3 is 6.18 Å². The fourth-order valence-electron chi connectivity index (χ4n) is 2.16. The van der Waals surface area contributed by atoms with Crippen molar-refractivity contribution in [1.82, 2.24) is 15.1 Å². The third-order valence-corrected chi connectivity index (χ3v) is 4.51. The molecule has 1 aromatic carbocycles. The van der Waals surface area contributed by atoms with E-state index < -0.39 is 17.8 Å². The maximum Gasteiger partial charge on any atom is 0.435 e. The van der Waals surface area contributed by atoms with Crippen LogP contribution in [0.2, 0.25) is 5.02 Å². The molecule has 9 heteroatoms. The van der Waals surface area contributed by atoms with Crippen LogP contribution in [0.4, 0.5) is 13.2 Å². The Bertz CT molecular complexity index is 890. The van der Waals surface area contributed by atoms with Crippen molar-refractivity contribution in [3.05, 3.63) is 69.1 Å². The van der Waals surface area contributed by atoms with Crippen molar-refractivity contribution < 1.29 is 18.0 Å². The molecule has 0 unspecified atom stereocenters. The van der Waals surface area contributed by atoms with Gasteiger partial charge in [0.2, 0.25) is 0 Å². The number of carbonyl (C=O) groups excluding carboxylic acids is 1. The normalized spacial score (nSPS) is 11.5. The SMILES string of the molecule is O=C(NCc1cccs1)c1cc(C(F)(F)F)nn1-c1ccccc1Cl. The molecule has 2 heterocycles. The van der Waals surface area contributed by atoms with Crippen molar-refractivity contribution in [2.75, 3.05) is 0 Å².